The van der Waals surface area contributed by atoms with E-state index in [1.165, 1.54) is 0 Å². The number of hydrogen-bond acceptors (Lipinski definition) is 2. The molecule has 0 aromatic heterocycles. The number of halogens is 1. The number of aliphatic hydroxyl groups is 1. The van der Waals surface area contributed by atoms with Crippen molar-refractivity contribution in [3.8, 4) is 0 Å². The van der Waals surface area contributed by atoms with E-state index in [4.69, 9.17) is 10.8 Å². The largest absolute Gasteiger partial charge is 0.396 e. The summed E-state index contributed by atoms with van der Waals surface area (Å²) in [5.74, 6) is 0. The number of rotatable bonds is 5. The molecule has 0 aliphatic rings. The summed E-state index contributed by atoms with van der Waals surface area (Å²) in [5.41, 5.74) is 7.15. The third kappa shape index (κ3) is 3.78. The van der Waals surface area contributed by atoms with Crippen LogP contribution in [0.1, 0.15) is 30.9 Å². The lowest BCUT2D eigenvalue weighted by molar-refractivity contribution is 0.281. The van der Waals surface area contributed by atoms with Crippen molar-refractivity contribution in [3.63, 3.8) is 0 Å². The predicted molar refractivity (Wildman–Crippen MR) is 62.0 cm³/mol. The standard InChI is InChI=1S/C11H16BrNO/c12-10-6-4-9(5-7-10)11(13)3-1-2-8-14/h4-7,11,14H,1-3,8,13H2. The van der Waals surface area contributed by atoms with Crippen LogP contribution >= 0.6 is 15.9 Å². The van der Waals surface area contributed by atoms with E-state index in [2.05, 4.69) is 15.9 Å². The summed E-state index contributed by atoms with van der Waals surface area (Å²) in [7, 11) is 0. The molecule has 0 aliphatic carbocycles. The van der Waals surface area contributed by atoms with Crippen LogP contribution in [0.4, 0.5) is 0 Å². The van der Waals surface area contributed by atoms with Gasteiger partial charge in [0.25, 0.3) is 0 Å². The van der Waals surface area contributed by atoms with E-state index in [1.807, 2.05) is 24.3 Å². The van der Waals surface area contributed by atoms with Gasteiger partial charge in [-0.05, 0) is 37.0 Å². The summed E-state index contributed by atoms with van der Waals surface area (Å²) in [5, 5.41) is 8.64. The highest BCUT2D eigenvalue weighted by atomic mass is 79.9. The maximum Gasteiger partial charge on any atom is 0.0431 e. The second-order valence-corrected chi connectivity index (χ2v) is 4.29. The molecule has 3 N–H and O–H groups in total. The van der Waals surface area contributed by atoms with E-state index in [1.54, 1.807) is 0 Å². The summed E-state index contributed by atoms with van der Waals surface area (Å²) < 4.78 is 1.07. The van der Waals surface area contributed by atoms with Gasteiger partial charge in [0.1, 0.15) is 0 Å². The minimum absolute atomic E-state index is 0.0923. The molecule has 0 amide bonds. The van der Waals surface area contributed by atoms with Gasteiger partial charge in [0.05, 0.1) is 0 Å². The number of nitrogens with two attached hydrogens (primary N) is 1. The number of unbranched alkanes of at least 4 members (excludes halogenated alkanes) is 1. The van der Waals surface area contributed by atoms with Crippen molar-refractivity contribution in [2.75, 3.05) is 6.61 Å². The average Bonchev–Trinajstić information content (AvgIpc) is 2.19. The lowest BCUT2D eigenvalue weighted by Gasteiger charge is -2.11. The van der Waals surface area contributed by atoms with Gasteiger partial charge in [-0.2, -0.15) is 0 Å². The molecule has 0 aliphatic heterocycles. The Kier molecular flexibility index (Phi) is 5.15. The second kappa shape index (κ2) is 6.17. The van der Waals surface area contributed by atoms with Gasteiger partial charge in [0, 0.05) is 17.1 Å². The van der Waals surface area contributed by atoms with Crippen molar-refractivity contribution < 1.29 is 5.11 Å². The van der Waals surface area contributed by atoms with E-state index in [-0.39, 0.29) is 12.6 Å². The van der Waals surface area contributed by atoms with Gasteiger partial charge < -0.3 is 10.8 Å². The van der Waals surface area contributed by atoms with E-state index in [0.29, 0.717) is 0 Å². The van der Waals surface area contributed by atoms with E-state index < -0.39 is 0 Å². The zero-order valence-corrected chi connectivity index (χ0v) is 9.70. The molecular weight excluding hydrogens is 242 g/mol. The normalized spacial score (nSPS) is 12.8. The van der Waals surface area contributed by atoms with Gasteiger partial charge in [-0.15, -0.1) is 0 Å². The monoisotopic (exact) mass is 257 g/mol. The predicted octanol–water partition coefficient (Wildman–Crippen LogP) is 2.61. The first-order valence-electron chi connectivity index (χ1n) is 4.86. The van der Waals surface area contributed by atoms with Gasteiger partial charge in [-0.1, -0.05) is 28.1 Å². The topological polar surface area (TPSA) is 46.2 Å². The fraction of sp³-hybridized carbons (Fsp3) is 0.455. The third-order valence-corrected chi connectivity index (χ3v) is 2.75. The fourth-order valence-corrected chi connectivity index (χ4v) is 1.62. The first kappa shape index (κ1) is 11.7. The lowest BCUT2D eigenvalue weighted by atomic mass is 10.0. The van der Waals surface area contributed by atoms with Crippen molar-refractivity contribution in [1.29, 1.82) is 0 Å². The van der Waals surface area contributed by atoms with Crippen LogP contribution in [0, 0.1) is 0 Å². The van der Waals surface area contributed by atoms with Gasteiger partial charge in [-0.25, -0.2) is 0 Å². The highest BCUT2D eigenvalue weighted by Gasteiger charge is 2.04. The van der Waals surface area contributed by atoms with Crippen molar-refractivity contribution in [2.24, 2.45) is 5.73 Å². The summed E-state index contributed by atoms with van der Waals surface area (Å²) in [6, 6.07) is 8.17. The van der Waals surface area contributed by atoms with Gasteiger partial charge in [0.2, 0.25) is 0 Å². The highest BCUT2D eigenvalue weighted by Crippen LogP contribution is 2.19. The fourth-order valence-electron chi connectivity index (χ4n) is 1.35. The van der Waals surface area contributed by atoms with Crippen LogP contribution in [0.5, 0.6) is 0 Å². The van der Waals surface area contributed by atoms with Gasteiger partial charge >= 0.3 is 0 Å². The molecule has 1 rings (SSSR count). The molecule has 1 aromatic rings. The lowest BCUT2D eigenvalue weighted by Crippen LogP contribution is -2.10. The zero-order valence-electron chi connectivity index (χ0n) is 8.12. The summed E-state index contributed by atoms with van der Waals surface area (Å²) in [6.45, 7) is 0.257. The minimum Gasteiger partial charge on any atom is -0.396 e. The Labute approximate surface area is 93.3 Å². The van der Waals surface area contributed by atoms with Gasteiger partial charge in [-0.3, -0.25) is 0 Å². The van der Waals surface area contributed by atoms with Crippen LogP contribution in [-0.4, -0.2) is 11.7 Å². The molecule has 2 nitrogen and oxygen atoms in total. The Hall–Kier alpha value is -0.380. The van der Waals surface area contributed by atoms with Crippen LogP contribution in [0.2, 0.25) is 0 Å². The molecule has 1 atom stereocenters. The summed E-state index contributed by atoms with van der Waals surface area (Å²) in [4.78, 5) is 0. The Balaban J connectivity index is 2.43. The molecule has 78 valence electrons. The van der Waals surface area contributed by atoms with Crippen LogP contribution in [0.15, 0.2) is 28.7 Å². The molecule has 0 heterocycles. The average molecular weight is 258 g/mol. The molecule has 0 spiro atoms. The quantitative estimate of drug-likeness (QED) is 0.797. The maximum absolute atomic E-state index is 8.64. The molecule has 0 saturated carbocycles. The molecule has 0 fully saturated rings. The molecule has 14 heavy (non-hydrogen) atoms. The van der Waals surface area contributed by atoms with Crippen molar-refractivity contribution >= 4 is 15.9 Å². The highest BCUT2D eigenvalue weighted by molar-refractivity contribution is 9.10. The summed E-state index contributed by atoms with van der Waals surface area (Å²) >= 11 is 3.38. The van der Waals surface area contributed by atoms with Crippen molar-refractivity contribution in [2.45, 2.75) is 25.3 Å². The minimum atomic E-state index is 0.0923. The second-order valence-electron chi connectivity index (χ2n) is 3.38. The van der Waals surface area contributed by atoms with Crippen molar-refractivity contribution in [1.82, 2.24) is 0 Å². The van der Waals surface area contributed by atoms with Crippen molar-refractivity contribution in [3.05, 3.63) is 34.3 Å². The smallest absolute Gasteiger partial charge is 0.0431 e. The van der Waals surface area contributed by atoms with E-state index >= 15 is 0 Å². The Morgan fingerprint density at radius 1 is 1.21 bits per heavy atom. The molecule has 1 aromatic carbocycles. The number of benzene rings is 1. The molecule has 0 radical (unpaired) electrons. The molecule has 1 unspecified atom stereocenters. The molecular formula is C11H16BrNO. The van der Waals surface area contributed by atoms with E-state index in [0.717, 1.165) is 29.3 Å². The van der Waals surface area contributed by atoms with Crippen LogP contribution in [0.3, 0.4) is 0 Å². The molecule has 3 heteroatoms. The maximum atomic E-state index is 8.64. The molecule has 0 saturated heterocycles. The zero-order chi connectivity index (χ0) is 10.4. The summed E-state index contributed by atoms with van der Waals surface area (Å²) in [6.07, 6.45) is 2.75. The van der Waals surface area contributed by atoms with Crippen LogP contribution in [-0.2, 0) is 0 Å². The van der Waals surface area contributed by atoms with Gasteiger partial charge in [0.15, 0.2) is 0 Å². The van der Waals surface area contributed by atoms with Crippen LogP contribution in [0.25, 0.3) is 0 Å². The Morgan fingerprint density at radius 2 is 1.86 bits per heavy atom. The SMILES string of the molecule is NC(CCCCO)c1ccc(Br)cc1. The number of aliphatic hydroxyl groups excluding tert-OH is 1. The molecule has 0 bridgehead atoms. The first-order chi connectivity index (χ1) is 6.74. The van der Waals surface area contributed by atoms with Crippen LogP contribution < -0.4 is 5.73 Å². The van der Waals surface area contributed by atoms with E-state index in [9.17, 15) is 0 Å². The Morgan fingerprint density at radius 3 is 2.43 bits per heavy atom. The first-order valence-corrected chi connectivity index (χ1v) is 5.65. The Bertz CT molecular complexity index is 260. The number of hydrogen-bond donors (Lipinski definition) is 2. The third-order valence-electron chi connectivity index (χ3n) is 2.22.